The molecular formula is C32H42N4O5S. The maximum atomic E-state index is 14.7. The highest BCUT2D eigenvalue weighted by Gasteiger charge is 2.72. The molecule has 42 heavy (non-hydrogen) atoms. The summed E-state index contributed by atoms with van der Waals surface area (Å²) in [6.45, 7) is 9.07. The van der Waals surface area contributed by atoms with Gasteiger partial charge in [-0.25, -0.2) is 0 Å². The number of morpholine rings is 1. The van der Waals surface area contributed by atoms with Crippen molar-refractivity contribution >= 4 is 35.2 Å². The maximum absolute atomic E-state index is 14.7. The minimum Gasteiger partial charge on any atom is -0.394 e. The van der Waals surface area contributed by atoms with Crippen LogP contribution in [0.5, 0.6) is 0 Å². The summed E-state index contributed by atoms with van der Waals surface area (Å²) in [7, 11) is 0. The van der Waals surface area contributed by atoms with E-state index in [4.69, 9.17) is 4.74 Å². The van der Waals surface area contributed by atoms with Crippen LogP contribution < -0.4 is 4.90 Å². The Bertz CT molecular complexity index is 1240. The second kappa shape index (κ2) is 12.1. The molecule has 9 nitrogen and oxygen atoms in total. The fourth-order valence-electron chi connectivity index (χ4n) is 7.42. The first-order valence-electron chi connectivity index (χ1n) is 15.3. The Balaban J connectivity index is 1.38. The van der Waals surface area contributed by atoms with Gasteiger partial charge in [0, 0.05) is 50.2 Å². The van der Waals surface area contributed by atoms with E-state index in [1.165, 1.54) is 0 Å². The Morgan fingerprint density at radius 3 is 2.50 bits per heavy atom. The number of hydrogen-bond donors (Lipinski definition) is 1. The summed E-state index contributed by atoms with van der Waals surface area (Å²) in [5.41, 5.74) is 0.798. The van der Waals surface area contributed by atoms with Crippen LogP contribution in [0.2, 0.25) is 0 Å². The standard InChI is InChI=1S/C32H42N4O5S/c1-3-22(2)24(21-37)36-28-31(40)34(16-15-33-17-19-41-20-18-33)13-8-12-32(28)27(30(36)39)26-25(42-32)11-7-14-35(29(26)38)23-9-5-4-6-10-23/h4-12,22,24-28,37H,3,13-21H2,1-2H3/t22-,24-,25+,26-,27-,28?,32-/m0/s1. The third-order valence-electron chi connectivity index (χ3n) is 9.88. The van der Waals surface area contributed by atoms with Crippen molar-refractivity contribution in [2.45, 2.75) is 42.3 Å². The third-order valence-corrected chi connectivity index (χ3v) is 11.6. The summed E-state index contributed by atoms with van der Waals surface area (Å²) in [4.78, 5) is 51.3. The van der Waals surface area contributed by atoms with Gasteiger partial charge in [-0.3, -0.25) is 19.3 Å². The van der Waals surface area contributed by atoms with Gasteiger partial charge >= 0.3 is 0 Å². The van der Waals surface area contributed by atoms with Crippen molar-refractivity contribution in [3.63, 3.8) is 0 Å². The van der Waals surface area contributed by atoms with Crippen LogP contribution in [0.3, 0.4) is 0 Å². The van der Waals surface area contributed by atoms with Crippen LogP contribution in [0.25, 0.3) is 0 Å². The van der Waals surface area contributed by atoms with Crippen molar-refractivity contribution in [1.29, 1.82) is 0 Å². The number of hydrogen-bond acceptors (Lipinski definition) is 7. The molecule has 226 valence electrons. The number of anilines is 1. The number of fused-ring (bicyclic) bond motifs is 2. The highest BCUT2D eigenvalue weighted by Crippen LogP contribution is 2.61. The predicted octanol–water partition coefficient (Wildman–Crippen LogP) is 2.02. The monoisotopic (exact) mass is 594 g/mol. The zero-order valence-electron chi connectivity index (χ0n) is 24.5. The van der Waals surface area contributed by atoms with Gasteiger partial charge in [0.15, 0.2) is 0 Å². The van der Waals surface area contributed by atoms with Crippen LogP contribution in [0.1, 0.15) is 20.3 Å². The van der Waals surface area contributed by atoms with Crippen LogP contribution >= 0.6 is 11.8 Å². The van der Waals surface area contributed by atoms with Crippen molar-refractivity contribution in [1.82, 2.24) is 14.7 Å². The van der Waals surface area contributed by atoms with E-state index in [0.29, 0.717) is 32.8 Å². The molecule has 5 heterocycles. The molecule has 3 amide bonds. The SMILES string of the molecule is CC[C@H](C)[C@H](CO)N1C(=O)[C@@H]2[C@H]3C(=O)N(c4ccccc4)CC=C[C@H]3S[C@@]23C=CCN(CCN2CCOCC2)C(=O)C13. The van der Waals surface area contributed by atoms with E-state index < -0.39 is 28.7 Å². The molecule has 3 fully saturated rings. The van der Waals surface area contributed by atoms with Gasteiger partial charge in [0.25, 0.3) is 0 Å². The lowest BCUT2D eigenvalue weighted by Crippen LogP contribution is -2.58. The molecule has 0 radical (unpaired) electrons. The summed E-state index contributed by atoms with van der Waals surface area (Å²) < 4.78 is 4.60. The number of carbonyl (C=O) groups excluding carboxylic acids is 3. The molecule has 10 heteroatoms. The van der Waals surface area contributed by atoms with Crippen molar-refractivity contribution in [3.05, 3.63) is 54.6 Å². The van der Waals surface area contributed by atoms with Crippen LogP contribution in [0, 0.1) is 17.8 Å². The van der Waals surface area contributed by atoms with Gasteiger partial charge in [-0.05, 0) is 18.1 Å². The molecule has 1 aromatic carbocycles. The average molecular weight is 595 g/mol. The molecule has 1 aromatic rings. The highest BCUT2D eigenvalue weighted by atomic mass is 32.2. The molecule has 1 spiro atoms. The number of carbonyl (C=O) groups is 3. The van der Waals surface area contributed by atoms with E-state index in [0.717, 1.165) is 31.7 Å². The largest absolute Gasteiger partial charge is 0.394 e. The van der Waals surface area contributed by atoms with E-state index in [-0.39, 0.29) is 35.5 Å². The van der Waals surface area contributed by atoms with E-state index >= 15 is 0 Å². The Morgan fingerprint density at radius 1 is 1.02 bits per heavy atom. The van der Waals surface area contributed by atoms with E-state index in [1.54, 1.807) is 21.6 Å². The van der Waals surface area contributed by atoms with Crippen LogP contribution in [-0.2, 0) is 19.1 Å². The number of ether oxygens (including phenoxy) is 1. The molecule has 3 saturated heterocycles. The fourth-order valence-corrected chi connectivity index (χ4v) is 9.42. The fraction of sp³-hybridized carbons (Fsp3) is 0.594. The topological polar surface area (TPSA) is 93.6 Å². The number of amides is 3. The normalized spacial score (nSPS) is 32.8. The van der Waals surface area contributed by atoms with E-state index in [1.807, 2.05) is 61.2 Å². The Kier molecular flexibility index (Phi) is 8.51. The molecule has 0 aromatic heterocycles. The van der Waals surface area contributed by atoms with Crippen LogP contribution in [-0.4, -0.2) is 119 Å². The number of nitrogens with zero attached hydrogens (tertiary/aromatic N) is 4. The number of rotatable bonds is 8. The second-order valence-corrected chi connectivity index (χ2v) is 13.6. The minimum absolute atomic E-state index is 0.0111. The first kappa shape index (κ1) is 29.4. The molecular weight excluding hydrogens is 552 g/mol. The Morgan fingerprint density at radius 2 is 1.79 bits per heavy atom. The van der Waals surface area contributed by atoms with Gasteiger partial charge in [-0.15, -0.1) is 11.8 Å². The van der Waals surface area contributed by atoms with Crippen molar-refractivity contribution in [2.24, 2.45) is 17.8 Å². The summed E-state index contributed by atoms with van der Waals surface area (Å²) in [5, 5.41) is 10.4. The quantitative estimate of drug-likeness (QED) is 0.461. The van der Waals surface area contributed by atoms with Crippen molar-refractivity contribution in [2.75, 3.05) is 64.0 Å². The molecule has 6 rings (SSSR count). The van der Waals surface area contributed by atoms with Crippen LogP contribution in [0.4, 0.5) is 5.69 Å². The molecule has 0 saturated carbocycles. The summed E-state index contributed by atoms with van der Waals surface area (Å²) in [6.07, 6.45) is 8.93. The lowest BCUT2D eigenvalue weighted by Gasteiger charge is -2.40. The van der Waals surface area contributed by atoms with Gasteiger partial charge in [-0.1, -0.05) is 62.8 Å². The minimum atomic E-state index is -0.891. The molecule has 5 aliphatic heterocycles. The lowest BCUT2D eigenvalue weighted by atomic mass is 9.78. The predicted molar refractivity (Wildman–Crippen MR) is 163 cm³/mol. The average Bonchev–Trinajstić information content (AvgIpc) is 3.33. The maximum Gasteiger partial charge on any atom is 0.247 e. The lowest BCUT2D eigenvalue weighted by molar-refractivity contribution is -0.146. The first-order valence-corrected chi connectivity index (χ1v) is 16.2. The molecule has 0 aliphatic carbocycles. The zero-order valence-corrected chi connectivity index (χ0v) is 25.3. The van der Waals surface area contributed by atoms with Gasteiger partial charge < -0.3 is 24.5 Å². The molecule has 1 N–H and O–H groups in total. The molecule has 1 unspecified atom stereocenters. The van der Waals surface area contributed by atoms with Gasteiger partial charge in [0.05, 0.1) is 42.4 Å². The molecule has 7 atom stereocenters. The second-order valence-electron chi connectivity index (χ2n) is 12.1. The van der Waals surface area contributed by atoms with Gasteiger partial charge in [0.2, 0.25) is 17.7 Å². The van der Waals surface area contributed by atoms with E-state index in [2.05, 4.69) is 17.1 Å². The number of benzene rings is 1. The highest BCUT2D eigenvalue weighted by molar-refractivity contribution is 8.02. The van der Waals surface area contributed by atoms with Crippen molar-refractivity contribution < 1.29 is 24.2 Å². The van der Waals surface area contributed by atoms with Crippen LogP contribution in [0.15, 0.2) is 54.6 Å². The Hall–Kier alpha value is -2.66. The molecule has 5 aliphatic rings. The Labute approximate surface area is 252 Å². The van der Waals surface area contributed by atoms with Gasteiger partial charge in [0.1, 0.15) is 6.04 Å². The smallest absolute Gasteiger partial charge is 0.247 e. The number of aliphatic hydroxyl groups is 1. The first-order chi connectivity index (χ1) is 20.4. The van der Waals surface area contributed by atoms with Gasteiger partial charge in [-0.2, -0.15) is 0 Å². The van der Waals surface area contributed by atoms with E-state index in [9.17, 15) is 19.5 Å². The number of aliphatic hydroxyl groups excluding tert-OH is 1. The third kappa shape index (κ3) is 4.90. The number of para-hydroxylation sites is 1. The zero-order chi connectivity index (χ0) is 29.4. The summed E-state index contributed by atoms with van der Waals surface area (Å²) in [6, 6.07) is 8.29. The molecule has 0 bridgehead atoms. The number of likely N-dealkylation sites (tertiary alicyclic amines) is 1. The summed E-state index contributed by atoms with van der Waals surface area (Å²) >= 11 is 1.59. The number of thioether (sulfide) groups is 1. The van der Waals surface area contributed by atoms with Crippen molar-refractivity contribution in [3.8, 4) is 0 Å². The summed E-state index contributed by atoms with van der Waals surface area (Å²) in [5.74, 6) is -1.69.